The maximum absolute atomic E-state index is 13.1. The van der Waals surface area contributed by atoms with E-state index in [1.54, 1.807) is 47.1 Å². The molecule has 3 aromatic heterocycles. The number of pyridine rings is 1. The van der Waals surface area contributed by atoms with Crippen molar-refractivity contribution in [2.24, 2.45) is 0 Å². The van der Waals surface area contributed by atoms with E-state index in [-0.39, 0.29) is 24.9 Å². The first-order valence-corrected chi connectivity index (χ1v) is 14.8. The van der Waals surface area contributed by atoms with Crippen LogP contribution in [0.2, 0.25) is 0 Å². The van der Waals surface area contributed by atoms with Gasteiger partial charge in [-0.15, -0.1) is 0 Å². The van der Waals surface area contributed by atoms with Crippen LogP contribution in [0.25, 0.3) is 28.0 Å². The fourth-order valence-electron chi connectivity index (χ4n) is 5.67. The second-order valence-electron chi connectivity index (χ2n) is 11.0. The van der Waals surface area contributed by atoms with Gasteiger partial charge in [0.25, 0.3) is 5.91 Å². The van der Waals surface area contributed by atoms with Gasteiger partial charge in [-0.2, -0.15) is 18.3 Å². The van der Waals surface area contributed by atoms with Gasteiger partial charge in [0, 0.05) is 48.0 Å². The first kappa shape index (κ1) is 29.7. The van der Waals surface area contributed by atoms with Crippen molar-refractivity contribution in [2.45, 2.75) is 19.1 Å². The number of amides is 2. The molecular formula is C35H26F3N7O2. The molecule has 0 unspecified atom stereocenters. The quantitative estimate of drug-likeness (QED) is 0.207. The molecule has 0 atom stereocenters. The molecule has 2 amide bonds. The summed E-state index contributed by atoms with van der Waals surface area (Å²) in [7, 11) is 0. The number of rotatable bonds is 6. The van der Waals surface area contributed by atoms with E-state index in [1.807, 2.05) is 66.9 Å². The van der Waals surface area contributed by atoms with Gasteiger partial charge < -0.3 is 15.5 Å². The Morgan fingerprint density at radius 3 is 2.49 bits per heavy atom. The molecule has 4 heterocycles. The minimum Gasteiger partial charge on any atom is -0.330 e. The number of aromatic nitrogens is 4. The molecule has 0 bridgehead atoms. The molecule has 47 heavy (non-hydrogen) atoms. The number of nitrogens with one attached hydrogen (secondary N) is 2. The highest BCUT2D eigenvalue weighted by Crippen LogP contribution is 2.36. The highest BCUT2D eigenvalue weighted by molar-refractivity contribution is 6.04. The highest BCUT2D eigenvalue weighted by Gasteiger charge is 2.43. The minimum atomic E-state index is -4.92. The Hall–Kier alpha value is -6.04. The first-order chi connectivity index (χ1) is 22.7. The number of carbonyl (C=O) groups excluding carboxylic acids is 2. The van der Waals surface area contributed by atoms with E-state index in [2.05, 4.69) is 15.6 Å². The van der Waals surface area contributed by atoms with Crippen molar-refractivity contribution in [1.82, 2.24) is 24.5 Å². The van der Waals surface area contributed by atoms with Crippen LogP contribution in [0.4, 0.5) is 30.5 Å². The Kier molecular flexibility index (Phi) is 7.60. The molecule has 1 aliphatic rings. The third kappa shape index (κ3) is 6.12. The minimum absolute atomic E-state index is 0.00750. The topological polar surface area (TPSA) is 105 Å². The Balaban J connectivity index is 1.19. The summed E-state index contributed by atoms with van der Waals surface area (Å²) in [5.41, 5.74) is 6.75. The number of alkyl halides is 3. The second-order valence-corrected chi connectivity index (χ2v) is 11.0. The lowest BCUT2D eigenvalue weighted by molar-refractivity contribution is -0.186. The summed E-state index contributed by atoms with van der Waals surface area (Å²) in [6, 6.07) is 29.2. The summed E-state index contributed by atoms with van der Waals surface area (Å²) in [4.78, 5) is 34.7. The second kappa shape index (κ2) is 12.0. The molecular weight excluding hydrogens is 607 g/mol. The van der Waals surface area contributed by atoms with Gasteiger partial charge >= 0.3 is 12.1 Å². The summed E-state index contributed by atoms with van der Waals surface area (Å²) in [6.07, 6.45) is -1.14. The van der Waals surface area contributed by atoms with Gasteiger partial charge in [-0.3, -0.25) is 9.59 Å². The van der Waals surface area contributed by atoms with Crippen LogP contribution >= 0.6 is 0 Å². The number of benzene rings is 3. The molecule has 1 aliphatic heterocycles. The number of hydrogen-bond acceptors (Lipinski definition) is 6. The van der Waals surface area contributed by atoms with E-state index in [9.17, 15) is 22.8 Å². The number of nitrogens with zero attached hydrogens (tertiary/aromatic N) is 5. The molecule has 234 valence electrons. The van der Waals surface area contributed by atoms with Crippen molar-refractivity contribution >= 4 is 34.7 Å². The normalized spacial score (nSPS) is 12.9. The summed E-state index contributed by atoms with van der Waals surface area (Å²) >= 11 is 0. The molecule has 0 spiro atoms. The Bertz CT molecular complexity index is 2130. The van der Waals surface area contributed by atoms with Crippen LogP contribution in [0, 0.1) is 0 Å². The Labute approximate surface area is 266 Å². The van der Waals surface area contributed by atoms with Gasteiger partial charge in [-0.05, 0) is 72.1 Å². The van der Waals surface area contributed by atoms with Gasteiger partial charge in [-0.1, -0.05) is 42.5 Å². The van der Waals surface area contributed by atoms with Gasteiger partial charge in [0.05, 0.1) is 16.8 Å². The fraction of sp³-hybridized carbons (Fsp3) is 0.114. The molecule has 0 radical (unpaired) electrons. The number of halogens is 3. The fourth-order valence-corrected chi connectivity index (χ4v) is 5.67. The summed E-state index contributed by atoms with van der Waals surface area (Å²) in [5.74, 6) is -1.80. The summed E-state index contributed by atoms with van der Waals surface area (Å²) in [5, 5.41) is 11.0. The largest absolute Gasteiger partial charge is 0.471 e. The molecule has 3 aromatic carbocycles. The standard InChI is InChI=1S/C35H26F3N7O2/c36-35(37,38)33(47)44-18-15-22-12-13-27(20-25(22)21-44)41-34-39-16-14-28(42-34)30-29-11-4-5-17-45(29)43-31(30)24-9-6-10-26(19-24)40-32(46)23-7-2-1-3-8-23/h1-14,16-17,19-20H,15,18,21H2,(H,40,46)(H,39,41,42). The van der Waals surface area contributed by atoms with Crippen molar-refractivity contribution in [3.63, 3.8) is 0 Å². The molecule has 2 N–H and O–H groups in total. The summed E-state index contributed by atoms with van der Waals surface area (Å²) < 4.78 is 40.9. The van der Waals surface area contributed by atoms with E-state index in [0.717, 1.165) is 27.1 Å². The van der Waals surface area contributed by atoms with Gasteiger partial charge in [-0.25, -0.2) is 14.5 Å². The van der Waals surface area contributed by atoms with Crippen LogP contribution in [0.1, 0.15) is 21.5 Å². The SMILES string of the molecule is O=C(Nc1cccc(-c2nn3ccccc3c2-c2ccnc(Nc3ccc4c(c3)CN(C(=O)C(F)(F)F)CC4)n2)c1)c1ccccc1. The van der Waals surface area contributed by atoms with Crippen LogP contribution in [0.15, 0.2) is 109 Å². The average Bonchev–Trinajstić information content (AvgIpc) is 3.48. The highest BCUT2D eigenvalue weighted by atomic mass is 19.4. The van der Waals surface area contributed by atoms with Crippen molar-refractivity contribution < 1.29 is 22.8 Å². The molecule has 7 rings (SSSR count). The van der Waals surface area contributed by atoms with Crippen molar-refractivity contribution in [3.8, 4) is 22.5 Å². The maximum atomic E-state index is 13.1. The van der Waals surface area contributed by atoms with Crippen molar-refractivity contribution in [2.75, 3.05) is 17.2 Å². The molecule has 6 aromatic rings. The molecule has 0 saturated carbocycles. The number of fused-ring (bicyclic) bond motifs is 2. The molecule has 0 fully saturated rings. The predicted octanol–water partition coefficient (Wildman–Crippen LogP) is 6.90. The summed E-state index contributed by atoms with van der Waals surface area (Å²) in [6.45, 7) is -0.131. The van der Waals surface area contributed by atoms with Crippen LogP contribution in [-0.2, 0) is 17.8 Å². The zero-order valence-electron chi connectivity index (χ0n) is 24.7. The maximum Gasteiger partial charge on any atom is 0.471 e. The van der Waals surface area contributed by atoms with Gasteiger partial charge in [0.15, 0.2) is 0 Å². The predicted molar refractivity (Wildman–Crippen MR) is 171 cm³/mol. The average molecular weight is 634 g/mol. The van der Waals surface area contributed by atoms with Crippen LogP contribution in [0.5, 0.6) is 0 Å². The Morgan fingerprint density at radius 1 is 0.830 bits per heavy atom. The molecule has 12 heteroatoms. The van der Waals surface area contributed by atoms with E-state index in [0.29, 0.717) is 40.3 Å². The van der Waals surface area contributed by atoms with Gasteiger partial charge in [0.1, 0.15) is 5.69 Å². The van der Waals surface area contributed by atoms with E-state index >= 15 is 0 Å². The first-order valence-electron chi connectivity index (χ1n) is 14.8. The lowest BCUT2D eigenvalue weighted by atomic mass is 9.99. The van der Waals surface area contributed by atoms with E-state index in [1.165, 1.54) is 0 Å². The zero-order chi connectivity index (χ0) is 32.5. The lowest BCUT2D eigenvalue weighted by Gasteiger charge is -2.29. The Morgan fingerprint density at radius 2 is 1.66 bits per heavy atom. The van der Waals surface area contributed by atoms with Crippen LogP contribution < -0.4 is 10.6 Å². The number of carbonyl (C=O) groups is 2. The van der Waals surface area contributed by atoms with E-state index < -0.39 is 12.1 Å². The van der Waals surface area contributed by atoms with Gasteiger partial charge in [0.2, 0.25) is 5.95 Å². The van der Waals surface area contributed by atoms with Crippen molar-refractivity contribution in [1.29, 1.82) is 0 Å². The molecule has 0 aliphatic carbocycles. The van der Waals surface area contributed by atoms with E-state index in [4.69, 9.17) is 10.1 Å². The van der Waals surface area contributed by atoms with Crippen molar-refractivity contribution in [3.05, 3.63) is 126 Å². The third-order valence-electron chi connectivity index (χ3n) is 7.89. The van der Waals surface area contributed by atoms with Crippen LogP contribution in [0.3, 0.4) is 0 Å². The molecule has 0 saturated heterocycles. The molecule has 9 nitrogen and oxygen atoms in total. The monoisotopic (exact) mass is 633 g/mol. The lowest BCUT2D eigenvalue weighted by Crippen LogP contribution is -2.43. The van der Waals surface area contributed by atoms with Crippen LogP contribution in [-0.4, -0.2) is 49.0 Å². The smallest absolute Gasteiger partial charge is 0.330 e. The number of hydrogen-bond donors (Lipinski definition) is 2. The number of anilines is 3. The third-order valence-corrected chi connectivity index (χ3v) is 7.89. The zero-order valence-corrected chi connectivity index (χ0v) is 24.7.